The monoisotopic (exact) mass is 316 g/mol. The summed E-state index contributed by atoms with van der Waals surface area (Å²) in [7, 11) is 0. The van der Waals surface area contributed by atoms with Gasteiger partial charge >= 0.3 is 0 Å². The Hall–Kier alpha value is -2.12. The normalized spacial score (nSPS) is 12.1. The zero-order valence-electron chi connectivity index (χ0n) is 13.8. The van der Waals surface area contributed by atoms with Gasteiger partial charge in [-0.25, -0.2) is 0 Å². The predicted octanol–water partition coefficient (Wildman–Crippen LogP) is 7.02. The molecule has 0 saturated carbocycles. The molecule has 0 aliphatic heterocycles. The van der Waals surface area contributed by atoms with Crippen molar-refractivity contribution in [3.63, 3.8) is 0 Å². The quantitative estimate of drug-likeness (QED) is 0.354. The van der Waals surface area contributed by atoms with Crippen LogP contribution in [-0.2, 0) is 5.41 Å². The van der Waals surface area contributed by atoms with Crippen LogP contribution in [0.4, 0.5) is 0 Å². The third-order valence-electron chi connectivity index (χ3n) is 4.43. The average molecular weight is 316 g/mol. The molecule has 3 aromatic carbocycles. The molecular weight excluding hydrogens is 296 g/mol. The van der Waals surface area contributed by atoms with E-state index < -0.39 is 0 Å². The lowest BCUT2D eigenvalue weighted by molar-refractivity contribution is 0.592. The first-order valence-corrected chi connectivity index (χ1v) is 8.87. The summed E-state index contributed by atoms with van der Waals surface area (Å²) in [5.41, 5.74) is 4.26. The van der Waals surface area contributed by atoms with Gasteiger partial charge in [0.05, 0.1) is 0 Å². The standard InChI is InChI=1S/C22H20S/c1-22(2,3)19-13-6-4-9-15(19)17-11-8-12-18-16-10-5-7-14-20(16)23-21(17)18/h4-14H,1-3H3. The summed E-state index contributed by atoms with van der Waals surface area (Å²) in [5, 5.41) is 2.73. The molecule has 1 heterocycles. The molecule has 0 aliphatic carbocycles. The van der Waals surface area contributed by atoms with E-state index in [1.165, 1.54) is 36.9 Å². The van der Waals surface area contributed by atoms with Crippen LogP contribution in [0.3, 0.4) is 0 Å². The molecule has 0 saturated heterocycles. The van der Waals surface area contributed by atoms with Crippen LogP contribution >= 0.6 is 11.3 Å². The molecule has 23 heavy (non-hydrogen) atoms. The highest BCUT2D eigenvalue weighted by Gasteiger charge is 2.20. The van der Waals surface area contributed by atoms with Gasteiger partial charge in [0.1, 0.15) is 0 Å². The van der Waals surface area contributed by atoms with Crippen LogP contribution in [0.15, 0.2) is 66.7 Å². The van der Waals surface area contributed by atoms with Gasteiger partial charge in [-0.3, -0.25) is 0 Å². The Morgan fingerprint density at radius 1 is 0.652 bits per heavy atom. The van der Waals surface area contributed by atoms with Crippen molar-refractivity contribution in [3.8, 4) is 11.1 Å². The maximum Gasteiger partial charge on any atom is 0.0433 e. The summed E-state index contributed by atoms with van der Waals surface area (Å²) in [4.78, 5) is 0. The summed E-state index contributed by atoms with van der Waals surface area (Å²) in [6.45, 7) is 6.87. The van der Waals surface area contributed by atoms with E-state index in [1.807, 2.05) is 11.3 Å². The Morgan fingerprint density at radius 2 is 1.30 bits per heavy atom. The van der Waals surface area contributed by atoms with Crippen LogP contribution in [0.25, 0.3) is 31.3 Å². The van der Waals surface area contributed by atoms with Gasteiger partial charge in [0.2, 0.25) is 0 Å². The Bertz CT molecular complexity index is 999. The van der Waals surface area contributed by atoms with Crippen LogP contribution in [0.5, 0.6) is 0 Å². The molecule has 0 aliphatic rings. The number of fused-ring (bicyclic) bond motifs is 3. The highest BCUT2D eigenvalue weighted by atomic mass is 32.1. The third-order valence-corrected chi connectivity index (χ3v) is 5.65. The minimum atomic E-state index is 0.134. The lowest BCUT2D eigenvalue weighted by Crippen LogP contribution is -2.12. The molecule has 1 heteroatoms. The summed E-state index contributed by atoms with van der Waals surface area (Å²) in [5.74, 6) is 0. The zero-order chi connectivity index (χ0) is 16.0. The van der Waals surface area contributed by atoms with Crippen molar-refractivity contribution < 1.29 is 0 Å². The molecule has 0 amide bonds. The first-order chi connectivity index (χ1) is 11.1. The molecule has 0 bridgehead atoms. The molecule has 0 N–H and O–H groups in total. The van der Waals surface area contributed by atoms with Crippen LogP contribution in [-0.4, -0.2) is 0 Å². The van der Waals surface area contributed by atoms with Gasteiger partial charge in [0.25, 0.3) is 0 Å². The van der Waals surface area contributed by atoms with Gasteiger partial charge in [-0.05, 0) is 28.2 Å². The molecule has 4 rings (SSSR count). The minimum absolute atomic E-state index is 0.134. The van der Waals surface area contributed by atoms with Crippen molar-refractivity contribution in [2.24, 2.45) is 0 Å². The van der Waals surface area contributed by atoms with E-state index in [-0.39, 0.29) is 5.41 Å². The van der Waals surface area contributed by atoms with E-state index in [0.717, 1.165) is 0 Å². The molecule has 0 atom stereocenters. The molecule has 0 nitrogen and oxygen atoms in total. The molecule has 0 unspecified atom stereocenters. The fourth-order valence-electron chi connectivity index (χ4n) is 3.33. The SMILES string of the molecule is CC(C)(C)c1ccccc1-c1cccc2c1sc1ccccc12. The van der Waals surface area contributed by atoms with Crippen LogP contribution in [0.2, 0.25) is 0 Å². The van der Waals surface area contributed by atoms with E-state index >= 15 is 0 Å². The molecule has 1 aromatic heterocycles. The second-order valence-electron chi connectivity index (χ2n) is 7.08. The largest absolute Gasteiger partial charge is 0.135 e. The number of hydrogen-bond acceptors (Lipinski definition) is 1. The van der Waals surface area contributed by atoms with E-state index in [0.29, 0.717) is 0 Å². The molecule has 4 aromatic rings. The summed E-state index contributed by atoms with van der Waals surface area (Å²) < 4.78 is 2.76. The molecule has 114 valence electrons. The van der Waals surface area contributed by atoms with Crippen molar-refractivity contribution in [1.82, 2.24) is 0 Å². The Kier molecular flexibility index (Phi) is 3.28. The second-order valence-corrected chi connectivity index (χ2v) is 8.13. The van der Waals surface area contributed by atoms with Gasteiger partial charge in [0, 0.05) is 20.2 Å². The highest BCUT2D eigenvalue weighted by molar-refractivity contribution is 7.26. The zero-order valence-corrected chi connectivity index (χ0v) is 14.6. The summed E-state index contributed by atoms with van der Waals surface area (Å²) in [6, 6.07) is 24.2. The second kappa shape index (κ2) is 5.21. The maximum absolute atomic E-state index is 2.29. The first-order valence-electron chi connectivity index (χ1n) is 8.06. The Morgan fingerprint density at radius 3 is 2.13 bits per heavy atom. The smallest absolute Gasteiger partial charge is 0.0433 e. The van der Waals surface area contributed by atoms with Gasteiger partial charge < -0.3 is 0 Å². The van der Waals surface area contributed by atoms with Crippen molar-refractivity contribution in [1.29, 1.82) is 0 Å². The first kappa shape index (κ1) is 14.5. The van der Waals surface area contributed by atoms with Crippen LogP contribution in [0, 0.1) is 0 Å². The van der Waals surface area contributed by atoms with Gasteiger partial charge in [-0.1, -0.05) is 81.4 Å². The van der Waals surface area contributed by atoms with Gasteiger partial charge in [-0.15, -0.1) is 11.3 Å². The van der Waals surface area contributed by atoms with E-state index in [9.17, 15) is 0 Å². The van der Waals surface area contributed by atoms with Crippen LogP contribution in [0.1, 0.15) is 26.3 Å². The van der Waals surface area contributed by atoms with Crippen LogP contribution < -0.4 is 0 Å². The minimum Gasteiger partial charge on any atom is -0.135 e. The molecule has 0 fully saturated rings. The predicted molar refractivity (Wildman–Crippen MR) is 103 cm³/mol. The number of hydrogen-bond donors (Lipinski definition) is 0. The van der Waals surface area contributed by atoms with Crippen molar-refractivity contribution in [2.75, 3.05) is 0 Å². The lowest BCUT2D eigenvalue weighted by atomic mass is 9.82. The summed E-state index contributed by atoms with van der Waals surface area (Å²) in [6.07, 6.45) is 0. The highest BCUT2D eigenvalue weighted by Crippen LogP contribution is 2.42. The van der Waals surface area contributed by atoms with E-state index in [1.54, 1.807) is 0 Å². The van der Waals surface area contributed by atoms with E-state index in [4.69, 9.17) is 0 Å². The summed E-state index contributed by atoms with van der Waals surface area (Å²) >= 11 is 1.90. The van der Waals surface area contributed by atoms with Gasteiger partial charge in [0.15, 0.2) is 0 Å². The van der Waals surface area contributed by atoms with Crippen molar-refractivity contribution in [2.45, 2.75) is 26.2 Å². The van der Waals surface area contributed by atoms with E-state index in [2.05, 4.69) is 87.5 Å². The topological polar surface area (TPSA) is 0 Å². The maximum atomic E-state index is 2.29. The number of rotatable bonds is 1. The van der Waals surface area contributed by atoms with Crippen molar-refractivity contribution >= 4 is 31.5 Å². The van der Waals surface area contributed by atoms with Gasteiger partial charge in [-0.2, -0.15) is 0 Å². The molecule has 0 spiro atoms. The third kappa shape index (κ3) is 2.36. The fourth-order valence-corrected chi connectivity index (χ4v) is 4.56. The molecule has 0 radical (unpaired) electrons. The Balaban J connectivity index is 2.08. The lowest BCUT2D eigenvalue weighted by Gasteiger charge is -2.23. The molecular formula is C22H20S. The average Bonchev–Trinajstić information content (AvgIpc) is 2.93. The van der Waals surface area contributed by atoms with Crippen molar-refractivity contribution in [3.05, 3.63) is 72.3 Å². The fraction of sp³-hybridized carbons (Fsp3) is 0.182. The Labute approximate surface area is 141 Å². The number of thiophene rings is 1. The number of benzene rings is 3.